The van der Waals surface area contributed by atoms with Crippen LogP contribution in [0.3, 0.4) is 0 Å². The van der Waals surface area contributed by atoms with Gasteiger partial charge in [-0.05, 0) is 46.2 Å². The van der Waals surface area contributed by atoms with Crippen molar-refractivity contribution in [1.29, 1.82) is 0 Å². The lowest BCUT2D eigenvalue weighted by Gasteiger charge is -2.16. The lowest BCUT2D eigenvalue weighted by molar-refractivity contribution is 0.877. The molecule has 0 unspecified atom stereocenters. The second kappa shape index (κ2) is 9.86. The third kappa shape index (κ3) is 3.34. The molecule has 0 aliphatic rings. The van der Waals surface area contributed by atoms with E-state index in [0.29, 0.717) is 11.8 Å². The maximum Gasteiger partial charge on any atom is 0.0634 e. The Morgan fingerprint density at radius 2 is 0.720 bits per heavy atom. The average Bonchev–Trinajstić information content (AvgIpc) is 3.88. The molecule has 7 aromatic carbocycles. The van der Waals surface area contributed by atoms with Crippen molar-refractivity contribution in [2.75, 3.05) is 0 Å². The third-order valence-electron chi connectivity index (χ3n) is 11.5. The van der Waals surface area contributed by atoms with Gasteiger partial charge in [0.25, 0.3) is 0 Å². The monoisotopic (exact) mass is 640 g/mol. The Balaban J connectivity index is 1.55. The number of aromatic nitrogens is 2. The van der Waals surface area contributed by atoms with E-state index >= 15 is 0 Å². The van der Waals surface area contributed by atoms with E-state index in [1.165, 1.54) is 110 Å². The van der Waals surface area contributed by atoms with Gasteiger partial charge in [0, 0.05) is 54.2 Å². The van der Waals surface area contributed by atoms with Crippen molar-refractivity contribution in [2.45, 2.75) is 39.5 Å². The maximum atomic E-state index is 2.63. The number of benzene rings is 7. The molecular weight excluding hydrogens is 605 g/mol. The van der Waals surface area contributed by atoms with Crippen LogP contribution in [0.5, 0.6) is 0 Å². The number of hydrogen-bond acceptors (Lipinski definition) is 0. The van der Waals surface area contributed by atoms with Crippen molar-refractivity contribution in [2.24, 2.45) is 0 Å². The molecule has 0 fully saturated rings. The largest absolute Gasteiger partial charge is 0.307 e. The van der Waals surface area contributed by atoms with E-state index in [1.54, 1.807) is 0 Å². The number of rotatable bonds is 4. The van der Waals surface area contributed by atoms with Crippen molar-refractivity contribution in [3.63, 3.8) is 0 Å². The molecule has 0 saturated carbocycles. The first kappa shape index (κ1) is 28.0. The predicted molar refractivity (Wildman–Crippen MR) is 215 cm³/mol. The van der Waals surface area contributed by atoms with E-state index in [2.05, 4.69) is 170 Å². The molecule has 0 bridgehead atoms. The number of nitrogens with zero attached hydrogens (tertiary/aromatic N) is 2. The summed E-state index contributed by atoms with van der Waals surface area (Å²) >= 11 is 0. The Bertz CT molecular complexity index is 2900. The van der Waals surface area contributed by atoms with Crippen molar-refractivity contribution >= 4 is 76.2 Å². The normalized spacial score (nSPS) is 12.8. The van der Waals surface area contributed by atoms with Crippen molar-refractivity contribution < 1.29 is 0 Å². The van der Waals surface area contributed by atoms with Crippen molar-refractivity contribution in [1.82, 2.24) is 8.80 Å². The van der Waals surface area contributed by atoms with Gasteiger partial charge in [-0.2, -0.15) is 0 Å². The van der Waals surface area contributed by atoms with Crippen molar-refractivity contribution in [3.8, 4) is 22.3 Å². The first-order chi connectivity index (χ1) is 24.5. The fraction of sp³-hybridized carbons (Fsp3) is 0.125. The molecule has 238 valence electrons. The summed E-state index contributed by atoms with van der Waals surface area (Å²) < 4.78 is 5.25. The fourth-order valence-corrected chi connectivity index (χ4v) is 9.54. The quantitative estimate of drug-likeness (QED) is 0.181. The van der Waals surface area contributed by atoms with E-state index in [4.69, 9.17) is 0 Å². The molecular formula is C48H36N2. The van der Waals surface area contributed by atoms with Crippen LogP contribution >= 0.6 is 0 Å². The predicted octanol–water partition coefficient (Wildman–Crippen LogP) is 13.6. The highest BCUT2D eigenvalue weighted by molar-refractivity contribution is 6.38. The first-order valence-electron chi connectivity index (χ1n) is 18.0. The average molecular weight is 641 g/mol. The molecule has 11 rings (SSSR count). The standard InChI is InChI=1S/C48H36N2/c1-27(2)31-23-25-35-43-39(29-15-7-5-8-16-29)48-44(36-26-24-32(28(3)4)42-34-20-12-14-22-38(34)50(48)46(36)42)40(30-17-9-6-10-18-30)47(43)49-37-21-13-11-19-33(37)41(31)45(35)49/h5-28H,1-4H3. The molecule has 4 heterocycles. The molecule has 0 N–H and O–H groups in total. The molecule has 0 radical (unpaired) electrons. The summed E-state index contributed by atoms with van der Waals surface area (Å²) in [6.45, 7) is 9.32. The van der Waals surface area contributed by atoms with E-state index in [1.807, 2.05) is 0 Å². The molecule has 2 heteroatoms. The van der Waals surface area contributed by atoms with E-state index in [0.717, 1.165) is 0 Å². The maximum absolute atomic E-state index is 2.63. The Labute approximate surface area is 290 Å². The number of hydrogen-bond donors (Lipinski definition) is 0. The van der Waals surface area contributed by atoms with Gasteiger partial charge in [-0.25, -0.2) is 0 Å². The van der Waals surface area contributed by atoms with Gasteiger partial charge in [-0.1, -0.05) is 149 Å². The third-order valence-corrected chi connectivity index (χ3v) is 11.5. The van der Waals surface area contributed by atoms with Crippen LogP contribution < -0.4 is 0 Å². The van der Waals surface area contributed by atoms with Crippen LogP contribution in [0.4, 0.5) is 0 Å². The summed E-state index contributed by atoms with van der Waals surface area (Å²) in [5, 5.41) is 10.7. The lowest BCUT2D eigenvalue weighted by Crippen LogP contribution is -1.93. The summed E-state index contributed by atoms with van der Waals surface area (Å²) in [7, 11) is 0. The SMILES string of the molecule is CC(C)c1ccc2c3c(-c4ccccc4)c4c(c(-c5ccccc5)c3n3c5ccccc5c1c23)c1ccc(C(C)C)c2c3ccccc3n4c12. The van der Waals surface area contributed by atoms with E-state index in [9.17, 15) is 0 Å². The summed E-state index contributed by atoms with van der Waals surface area (Å²) in [5.41, 5.74) is 15.8. The fourth-order valence-electron chi connectivity index (χ4n) is 9.54. The smallest absolute Gasteiger partial charge is 0.0634 e. The highest BCUT2D eigenvalue weighted by Crippen LogP contribution is 2.55. The van der Waals surface area contributed by atoms with Crippen LogP contribution in [0.1, 0.15) is 50.7 Å². The molecule has 11 aromatic rings. The topological polar surface area (TPSA) is 8.82 Å². The molecule has 0 saturated heterocycles. The van der Waals surface area contributed by atoms with E-state index < -0.39 is 0 Å². The summed E-state index contributed by atoms with van der Waals surface area (Å²) in [4.78, 5) is 0. The van der Waals surface area contributed by atoms with Crippen LogP contribution in [0.15, 0.2) is 133 Å². The van der Waals surface area contributed by atoms with Gasteiger partial charge >= 0.3 is 0 Å². The molecule has 0 aliphatic heterocycles. The molecule has 4 aromatic heterocycles. The van der Waals surface area contributed by atoms with Crippen LogP contribution in [0.2, 0.25) is 0 Å². The highest BCUT2D eigenvalue weighted by Gasteiger charge is 2.31. The zero-order valence-electron chi connectivity index (χ0n) is 28.8. The lowest BCUT2D eigenvalue weighted by atomic mass is 9.88. The van der Waals surface area contributed by atoms with Gasteiger partial charge in [0.2, 0.25) is 0 Å². The van der Waals surface area contributed by atoms with Gasteiger partial charge in [0.05, 0.1) is 33.1 Å². The van der Waals surface area contributed by atoms with Crippen LogP contribution in [-0.4, -0.2) is 8.80 Å². The number of fused-ring (bicyclic) bond motifs is 12. The van der Waals surface area contributed by atoms with Gasteiger partial charge in [-0.3, -0.25) is 0 Å². The summed E-state index contributed by atoms with van der Waals surface area (Å²) in [6.07, 6.45) is 0. The minimum absolute atomic E-state index is 0.403. The molecule has 50 heavy (non-hydrogen) atoms. The highest BCUT2D eigenvalue weighted by atomic mass is 14.9. The second-order valence-corrected chi connectivity index (χ2v) is 14.8. The minimum Gasteiger partial charge on any atom is -0.307 e. The van der Waals surface area contributed by atoms with Gasteiger partial charge in [-0.15, -0.1) is 0 Å². The molecule has 0 aliphatic carbocycles. The molecule has 0 amide bonds. The second-order valence-electron chi connectivity index (χ2n) is 14.8. The van der Waals surface area contributed by atoms with Crippen molar-refractivity contribution in [3.05, 3.63) is 145 Å². The van der Waals surface area contributed by atoms with Gasteiger partial charge in [0.1, 0.15) is 0 Å². The molecule has 0 atom stereocenters. The van der Waals surface area contributed by atoms with Gasteiger partial charge < -0.3 is 8.80 Å². The minimum atomic E-state index is 0.403. The summed E-state index contributed by atoms with van der Waals surface area (Å²) in [5.74, 6) is 0.807. The van der Waals surface area contributed by atoms with E-state index in [-0.39, 0.29) is 0 Å². The van der Waals surface area contributed by atoms with Crippen LogP contribution in [0.25, 0.3) is 98.4 Å². The summed E-state index contributed by atoms with van der Waals surface area (Å²) in [6, 6.07) is 50.1. The Hall–Kier alpha value is -5.86. The number of para-hydroxylation sites is 2. The Morgan fingerprint density at radius 1 is 0.340 bits per heavy atom. The van der Waals surface area contributed by atoms with Gasteiger partial charge in [0.15, 0.2) is 0 Å². The Kier molecular flexibility index (Phi) is 5.53. The molecule has 2 nitrogen and oxygen atoms in total. The van der Waals surface area contributed by atoms with Crippen LogP contribution in [-0.2, 0) is 0 Å². The zero-order valence-corrected chi connectivity index (χ0v) is 28.8. The first-order valence-corrected chi connectivity index (χ1v) is 18.0. The Morgan fingerprint density at radius 3 is 1.12 bits per heavy atom. The van der Waals surface area contributed by atoms with Crippen LogP contribution in [0, 0.1) is 0 Å². The molecule has 0 spiro atoms. The zero-order chi connectivity index (χ0) is 33.4.